The summed E-state index contributed by atoms with van der Waals surface area (Å²) in [4.78, 5) is 14.2. The zero-order valence-electron chi connectivity index (χ0n) is 20.8. The van der Waals surface area contributed by atoms with Gasteiger partial charge >= 0.3 is 0 Å². The van der Waals surface area contributed by atoms with Gasteiger partial charge in [-0.1, -0.05) is 103 Å². The Hall–Kier alpha value is -0.596. The fourth-order valence-corrected chi connectivity index (χ4v) is 10.7. The van der Waals surface area contributed by atoms with E-state index in [-0.39, 0.29) is 10.6 Å². The summed E-state index contributed by atoms with van der Waals surface area (Å²) in [7, 11) is -3.50. The highest BCUT2D eigenvalue weighted by atomic mass is 28.3. The van der Waals surface area contributed by atoms with Crippen LogP contribution in [0.1, 0.15) is 84.5 Å². The Bertz CT molecular complexity index is 612. The van der Waals surface area contributed by atoms with Crippen molar-refractivity contribution >= 4 is 21.9 Å². The molecule has 1 aliphatic rings. The van der Waals surface area contributed by atoms with Crippen LogP contribution in [-0.2, 0) is 4.79 Å². The fourth-order valence-electron chi connectivity index (χ4n) is 5.49. The van der Waals surface area contributed by atoms with Crippen LogP contribution >= 0.6 is 0 Å². The van der Waals surface area contributed by atoms with Crippen LogP contribution in [0.3, 0.4) is 0 Å². The molecule has 3 heteroatoms. The number of hydrogen-bond acceptors (Lipinski definition) is 1. The second-order valence-electron chi connectivity index (χ2n) is 11.3. The first-order chi connectivity index (χ1) is 13.5. The van der Waals surface area contributed by atoms with Crippen molar-refractivity contribution in [2.45, 2.75) is 134 Å². The van der Waals surface area contributed by atoms with Gasteiger partial charge < -0.3 is 0 Å². The van der Waals surface area contributed by atoms with E-state index < -0.39 is 16.1 Å². The third kappa shape index (κ3) is 5.98. The molecule has 0 aromatic rings. The molecule has 0 bridgehead atoms. The summed E-state index contributed by atoms with van der Waals surface area (Å²) < 4.78 is 0. The summed E-state index contributed by atoms with van der Waals surface area (Å²) in [6.07, 6.45) is 18.9. The van der Waals surface area contributed by atoms with Crippen LogP contribution in [0.25, 0.3) is 0 Å². The van der Waals surface area contributed by atoms with Crippen LogP contribution in [0.2, 0.25) is 49.9 Å². The van der Waals surface area contributed by atoms with Gasteiger partial charge in [-0.15, -0.1) is 12.3 Å². The molecule has 0 unspecified atom stereocenters. The minimum Gasteiger partial charge on any atom is -0.299 e. The Morgan fingerprint density at radius 3 is 1.79 bits per heavy atom. The molecular weight excluding hydrogens is 384 g/mol. The minimum absolute atomic E-state index is 0.186. The van der Waals surface area contributed by atoms with Crippen molar-refractivity contribution < 1.29 is 4.79 Å². The summed E-state index contributed by atoms with van der Waals surface area (Å²) in [6.45, 7) is 18.9. The molecule has 2 atom stereocenters. The molecule has 0 saturated carbocycles. The molecule has 1 rings (SSSR count). The first kappa shape index (κ1) is 26.4. The van der Waals surface area contributed by atoms with Gasteiger partial charge in [0.05, 0.1) is 21.2 Å². The van der Waals surface area contributed by atoms with E-state index >= 15 is 0 Å². The van der Waals surface area contributed by atoms with Gasteiger partial charge in [0.25, 0.3) is 0 Å². The molecule has 0 fully saturated rings. The van der Waals surface area contributed by atoms with Crippen molar-refractivity contribution in [3.05, 3.63) is 11.1 Å². The Kier molecular flexibility index (Phi) is 10.2. The minimum atomic E-state index is -1.83. The highest BCUT2D eigenvalue weighted by Gasteiger charge is 2.60. The molecule has 0 spiro atoms. The Labute approximate surface area is 184 Å². The summed E-state index contributed by atoms with van der Waals surface area (Å²) in [5.74, 6) is 3.52. The SMILES string of the molecule is C#CC[C@@]1([Si](C)(C)C)C(=O)[C@@H]([Si](C)(C)C)C(CCCCCC)=C1CCCCCC. The van der Waals surface area contributed by atoms with Gasteiger partial charge in [-0.2, -0.15) is 0 Å². The number of carbonyl (C=O) groups excluding carboxylic acids is 1. The molecular formula is C26H48OSi2. The molecule has 1 aliphatic carbocycles. The maximum Gasteiger partial charge on any atom is 0.145 e. The lowest BCUT2D eigenvalue weighted by Crippen LogP contribution is -2.47. The molecule has 0 radical (unpaired) electrons. The van der Waals surface area contributed by atoms with E-state index in [4.69, 9.17) is 6.42 Å². The lowest BCUT2D eigenvalue weighted by atomic mass is 9.89. The number of allylic oxidation sites excluding steroid dienone is 2. The summed E-state index contributed by atoms with van der Waals surface area (Å²) in [6, 6.07) is 0. The number of carbonyl (C=O) groups is 1. The van der Waals surface area contributed by atoms with Gasteiger partial charge in [-0.25, -0.2) is 0 Å². The maximum absolute atomic E-state index is 14.2. The summed E-state index contributed by atoms with van der Waals surface area (Å²) in [5, 5.41) is -0.320. The summed E-state index contributed by atoms with van der Waals surface area (Å²) >= 11 is 0. The first-order valence-corrected chi connectivity index (χ1v) is 19.3. The number of Topliss-reactive ketones (excluding diaryl/α,β-unsaturated/α-hetero) is 1. The van der Waals surface area contributed by atoms with Crippen LogP contribution in [0.5, 0.6) is 0 Å². The van der Waals surface area contributed by atoms with Crippen LogP contribution in [0.4, 0.5) is 0 Å². The number of unbranched alkanes of at least 4 members (excludes halogenated alkanes) is 6. The molecule has 0 heterocycles. The smallest absolute Gasteiger partial charge is 0.145 e. The Balaban J connectivity index is 3.52. The molecule has 0 amide bonds. The largest absolute Gasteiger partial charge is 0.299 e. The van der Waals surface area contributed by atoms with Crippen molar-refractivity contribution in [2.24, 2.45) is 0 Å². The number of rotatable bonds is 13. The fraction of sp³-hybridized carbons (Fsp3) is 0.808. The van der Waals surface area contributed by atoms with Crippen LogP contribution in [0, 0.1) is 12.3 Å². The number of hydrogen-bond donors (Lipinski definition) is 0. The highest BCUT2D eigenvalue weighted by Crippen LogP contribution is 2.63. The summed E-state index contributed by atoms with van der Waals surface area (Å²) in [5.41, 5.74) is 3.27. The predicted molar refractivity (Wildman–Crippen MR) is 136 cm³/mol. The zero-order valence-corrected chi connectivity index (χ0v) is 22.8. The van der Waals surface area contributed by atoms with E-state index in [2.05, 4.69) is 59.0 Å². The van der Waals surface area contributed by atoms with Crippen molar-refractivity contribution in [3.8, 4) is 12.3 Å². The third-order valence-corrected chi connectivity index (χ3v) is 12.7. The van der Waals surface area contributed by atoms with Gasteiger partial charge in [-0.05, 0) is 25.7 Å². The molecule has 0 aliphatic heterocycles. The molecule has 0 N–H and O–H groups in total. The lowest BCUT2D eigenvalue weighted by molar-refractivity contribution is -0.119. The van der Waals surface area contributed by atoms with E-state index in [1.54, 1.807) is 5.57 Å². The van der Waals surface area contributed by atoms with Gasteiger partial charge in [0.2, 0.25) is 0 Å². The molecule has 1 nitrogen and oxygen atoms in total. The van der Waals surface area contributed by atoms with Crippen LogP contribution < -0.4 is 0 Å². The van der Waals surface area contributed by atoms with E-state index in [1.807, 2.05) is 0 Å². The lowest BCUT2D eigenvalue weighted by Gasteiger charge is -2.42. The average Bonchev–Trinajstić information content (AvgIpc) is 2.85. The molecule has 166 valence electrons. The number of terminal acetylenes is 1. The van der Waals surface area contributed by atoms with Gasteiger partial charge in [0.15, 0.2) is 0 Å². The van der Waals surface area contributed by atoms with Gasteiger partial charge in [0, 0.05) is 12.0 Å². The van der Waals surface area contributed by atoms with E-state index in [1.165, 1.54) is 56.9 Å². The Morgan fingerprint density at radius 1 is 0.862 bits per heavy atom. The second kappa shape index (κ2) is 11.1. The first-order valence-electron chi connectivity index (χ1n) is 12.2. The van der Waals surface area contributed by atoms with Crippen LogP contribution in [0.15, 0.2) is 11.1 Å². The van der Waals surface area contributed by atoms with E-state index in [9.17, 15) is 4.79 Å². The van der Waals surface area contributed by atoms with Crippen LogP contribution in [-0.4, -0.2) is 21.9 Å². The molecule has 0 saturated heterocycles. The molecule has 29 heavy (non-hydrogen) atoms. The predicted octanol–water partition coefficient (Wildman–Crippen LogP) is 8.62. The van der Waals surface area contributed by atoms with Crippen molar-refractivity contribution in [1.82, 2.24) is 0 Å². The van der Waals surface area contributed by atoms with Gasteiger partial charge in [-0.3, -0.25) is 4.79 Å². The zero-order chi connectivity index (χ0) is 22.3. The molecule has 0 aromatic heterocycles. The third-order valence-electron chi connectivity index (χ3n) is 7.03. The maximum atomic E-state index is 14.2. The second-order valence-corrected chi connectivity index (χ2v) is 22.0. The van der Waals surface area contributed by atoms with E-state index in [0.717, 1.165) is 12.8 Å². The van der Waals surface area contributed by atoms with Gasteiger partial charge in [0.1, 0.15) is 5.78 Å². The standard InChI is InChI=1S/C26H48OSi2/c1-10-13-15-17-19-22-23(20-18-16-14-11-2)26(21-12-3,29(7,8)9)25(27)24(22)28(4,5)6/h3,24H,10-11,13-21H2,1-2,4-9H3/t24-,26-/m0/s1. The molecule has 0 aromatic carbocycles. The van der Waals surface area contributed by atoms with Crippen molar-refractivity contribution in [1.29, 1.82) is 0 Å². The normalized spacial score (nSPS) is 23.0. The highest BCUT2D eigenvalue weighted by molar-refractivity contribution is 6.88. The van der Waals surface area contributed by atoms with E-state index in [0.29, 0.717) is 12.2 Å². The van der Waals surface area contributed by atoms with Crippen molar-refractivity contribution in [3.63, 3.8) is 0 Å². The topological polar surface area (TPSA) is 17.1 Å². The quantitative estimate of drug-likeness (QED) is 0.123. The Morgan fingerprint density at radius 2 is 1.38 bits per heavy atom. The monoisotopic (exact) mass is 432 g/mol. The number of ketones is 1. The average molecular weight is 433 g/mol. The van der Waals surface area contributed by atoms with Crippen molar-refractivity contribution in [2.75, 3.05) is 0 Å².